The van der Waals surface area contributed by atoms with Gasteiger partial charge in [0.15, 0.2) is 41.6 Å². The van der Waals surface area contributed by atoms with Crippen LogP contribution >= 0.6 is 23.5 Å². The fraction of sp³-hybridized carbons (Fsp3) is 1.00. The van der Waals surface area contributed by atoms with Gasteiger partial charge in [-0.15, -0.1) is 12.4 Å². The minimum atomic E-state index is -1.61. The Labute approximate surface area is 226 Å². The predicted molar refractivity (Wildman–Crippen MR) is 175 cm³/mol. The van der Waals surface area contributed by atoms with Crippen molar-refractivity contribution in [1.29, 1.82) is 0 Å². The summed E-state index contributed by atoms with van der Waals surface area (Å²) in [7, 11) is -8.43. The molecule has 0 heterocycles. The first kappa shape index (κ1) is 59.6. The monoisotopic (exact) mass is 628 g/mol. The highest BCUT2D eigenvalue weighted by Gasteiger charge is 2.24. The molecule has 0 saturated carbocycles. The quantitative estimate of drug-likeness (QED) is 0.235. The summed E-state index contributed by atoms with van der Waals surface area (Å²) in [5, 5.41) is 0. The Morgan fingerprint density at radius 2 is 0.515 bits per heavy atom. The Bertz CT molecular complexity index is 297. The van der Waals surface area contributed by atoms with E-state index in [9.17, 15) is 0 Å². The van der Waals surface area contributed by atoms with Crippen molar-refractivity contribution in [3.05, 3.63) is 0 Å². The first-order chi connectivity index (χ1) is 11.7. The van der Waals surface area contributed by atoms with Crippen molar-refractivity contribution in [3.8, 4) is 0 Å². The van der Waals surface area contributed by atoms with E-state index in [1.807, 2.05) is 58.9 Å². The van der Waals surface area contributed by atoms with Crippen LogP contribution in [-0.2, 0) is 4.12 Å². The molecule has 0 unspecified atom stereocenters. The highest BCUT2D eigenvalue weighted by molar-refractivity contribution is 7.18. The molecular weight excluding hydrogens is 564 g/mol. The summed E-state index contributed by atoms with van der Waals surface area (Å²) >= 11 is 5.67. The lowest BCUT2D eigenvalue weighted by atomic mass is 11.8. The first-order valence-electron chi connectivity index (χ1n) is 10.3. The Kier molecular flexibility index (Phi) is 43.4. The molecule has 0 amide bonds. The van der Waals surface area contributed by atoms with E-state index in [1.54, 1.807) is 0 Å². The maximum absolute atomic E-state index is 8.66. The van der Waals surface area contributed by atoms with E-state index < -0.39 is 49.0 Å². The SMILES string of the molecule is C.C[Si](C)(C)Cl.C[Si](C)(C)O.C[Si](C)(C)O.C[Si](C)(C)O.C[Si](C)(C)O[Si](C)(C)C.Cl.O.O. The van der Waals surface area contributed by atoms with Crippen molar-refractivity contribution in [2.75, 3.05) is 0 Å². The van der Waals surface area contributed by atoms with Gasteiger partial charge in [0.2, 0.25) is 0 Å². The molecule has 0 aliphatic carbocycles. The van der Waals surface area contributed by atoms with Gasteiger partial charge in [0.1, 0.15) is 7.38 Å². The summed E-state index contributed by atoms with van der Waals surface area (Å²) in [6.45, 7) is 36.7. The van der Waals surface area contributed by atoms with Gasteiger partial charge in [-0.3, -0.25) is 0 Å². The van der Waals surface area contributed by atoms with Crippen LogP contribution in [0.1, 0.15) is 7.43 Å². The van der Waals surface area contributed by atoms with E-state index in [1.165, 1.54) is 0 Å². The van der Waals surface area contributed by atoms with Gasteiger partial charge in [0.25, 0.3) is 0 Å². The van der Waals surface area contributed by atoms with E-state index in [0.29, 0.717) is 0 Å². The predicted octanol–water partition coefficient (Wildman–Crippen LogP) is 6.58. The van der Waals surface area contributed by atoms with Gasteiger partial charge in [-0.05, 0) is 98.2 Å². The third kappa shape index (κ3) is 577. The van der Waals surface area contributed by atoms with E-state index in [2.05, 4.69) is 58.9 Å². The zero-order valence-corrected chi connectivity index (χ0v) is 32.1. The van der Waals surface area contributed by atoms with Gasteiger partial charge in [0.05, 0.1) is 0 Å². The lowest BCUT2D eigenvalue weighted by Crippen LogP contribution is -2.39. The molecule has 0 fully saturated rings. The summed E-state index contributed by atoms with van der Waals surface area (Å²) in [5.41, 5.74) is 0. The fourth-order valence-electron chi connectivity index (χ4n) is 0.919. The van der Waals surface area contributed by atoms with Crippen LogP contribution in [0.5, 0.6) is 0 Å². The van der Waals surface area contributed by atoms with E-state index in [0.717, 1.165) is 0 Å². The molecule has 14 heteroatoms. The zero-order valence-electron chi connectivity index (χ0n) is 24.5. The second-order valence-electron chi connectivity index (χ2n) is 12.9. The van der Waals surface area contributed by atoms with Gasteiger partial charge in [-0.2, -0.15) is 11.1 Å². The average Bonchev–Trinajstić information content (AvgIpc) is 1.94. The molecule has 0 aliphatic heterocycles. The Balaban J connectivity index is -0.0000000310. The lowest BCUT2D eigenvalue weighted by molar-refractivity contribution is 0.558. The van der Waals surface area contributed by atoms with Crippen LogP contribution in [0.25, 0.3) is 0 Å². The maximum Gasteiger partial charge on any atom is 0.179 e. The Hall–Kier alpha value is 1.64. The van der Waals surface area contributed by atoms with Crippen LogP contribution < -0.4 is 0 Å². The summed E-state index contributed by atoms with van der Waals surface area (Å²) in [4.78, 5) is 26.0. The van der Waals surface area contributed by atoms with Crippen molar-refractivity contribution in [2.24, 2.45) is 0 Å². The molecule has 216 valence electrons. The van der Waals surface area contributed by atoms with Gasteiger partial charge in [0, 0.05) is 0 Å². The van der Waals surface area contributed by atoms with Crippen LogP contribution in [0.3, 0.4) is 0 Å². The number of hydrogen-bond donors (Lipinski definition) is 3. The fourth-order valence-corrected chi connectivity index (χ4v) is 8.27. The van der Waals surface area contributed by atoms with Gasteiger partial charge in [-0.25, -0.2) is 0 Å². The van der Waals surface area contributed by atoms with Crippen molar-refractivity contribution in [3.63, 3.8) is 0 Å². The molecule has 33 heavy (non-hydrogen) atoms. The number of hydrogen-bond acceptors (Lipinski definition) is 4. The molecule has 0 spiro atoms. The lowest BCUT2D eigenvalue weighted by Gasteiger charge is -2.27. The number of halogens is 2. The molecule has 7 N–H and O–H groups in total. The largest absolute Gasteiger partial charge is 0.456 e. The van der Waals surface area contributed by atoms with E-state index in [4.69, 9.17) is 29.6 Å². The Morgan fingerprint density at radius 1 is 0.455 bits per heavy atom. The Morgan fingerprint density at radius 3 is 0.515 bits per heavy atom. The second-order valence-corrected chi connectivity index (χ2v) is 42.7. The van der Waals surface area contributed by atoms with Crippen LogP contribution in [0.15, 0.2) is 0 Å². The van der Waals surface area contributed by atoms with Gasteiger partial charge >= 0.3 is 0 Å². The topological polar surface area (TPSA) is 133 Å². The highest BCUT2D eigenvalue weighted by Crippen LogP contribution is 2.12. The van der Waals surface area contributed by atoms with Crippen LogP contribution in [0, 0.1) is 0 Å². The van der Waals surface area contributed by atoms with E-state index in [-0.39, 0.29) is 30.8 Å². The summed E-state index contributed by atoms with van der Waals surface area (Å²) < 4.78 is 5.90. The maximum atomic E-state index is 8.66. The number of rotatable bonds is 2. The molecule has 0 aliphatic rings. The second kappa shape index (κ2) is 24.0. The van der Waals surface area contributed by atoms with Gasteiger partial charge in [-0.1, -0.05) is 27.1 Å². The molecule has 0 aromatic heterocycles. The van der Waals surface area contributed by atoms with Gasteiger partial charge < -0.3 is 29.5 Å². The van der Waals surface area contributed by atoms with Crippen molar-refractivity contribution >= 4 is 72.5 Å². The normalized spacial score (nSPS) is 11.1. The molecule has 0 atom stereocenters. The standard InChI is InChI=1S/C6H18OSi2.C3H9ClSi.3C3H10OSi.CH4.ClH.2H2O/c1-8(2,3)7-9(4,5)6;4*1-5(2,3)4;;;;/h1-6H3;1-3H3;3*4H,1-3H3;1H4;1H;2*1H2. The molecule has 0 aromatic rings. The third-order valence-corrected chi connectivity index (χ3v) is 5.51. The van der Waals surface area contributed by atoms with Crippen molar-refractivity contribution in [1.82, 2.24) is 0 Å². The van der Waals surface area contributed by atoms with Crippen LogP contribution in [0.4, 0.5) is 0 Å². The minimum absolute atomic E-state index is 0. The molecule has 6 nitrogen and oxygen atoms in total. The summed E-state index contributed by atoms with van der Waals surface area (Å²) in [6.07, 6.45) is 0. The molecule has 0 bridgehead atoms. The molecule has 0 radical (unpaired) electrons. The summed E-state index contributed by atoms with van der Waals surface area (Å²) in [6, 6.07) is 0. The van der Waals surface area contributed by atoms with Crippen molar-refractivity contribution < 1.29 is 29.5 Å². The first-order valence-corrected chi connectivity index (χ1v) is 31.9. The summed E-state index contributed by atoms with van der Waals surface area (Å²) in [5.74, 6) is 0. The van der Waals surface area contributed by atoms with Crippen LogP contribution in [-0.4, -0.2) is 74.3 Å². The highest BCUT2D eigenvalue weighted by atomic mass is 35.6. The molecule has 0 aromatic carbocycles. The van der Waals surface area contributed by atoms with Crippen LogP contribution in [0.2, 0.25) is 118 Å². The molecule has 0 saturated heterocycles. The minimum Gasteiger partial charge on any atom is -0.456 e. The van der Waals surface area contributed by atoms with E-state index >= 15 is 0 Å². The smallest absolute Gasteiger partial charge is 0.179 e. The molecular formula is C19H66Cl2O6Si6. The third-order valence-electron chi connectivity index (χ3n) is 0.612. The average molecular weight is 630 g/mol. The zero-order chi connectivity index (χ0) is 25.7. The van der Waals surface area contributed by atoms with Crippen molar-refractivity contribution in [2.45, 2.75) is 125 Å². The molecule has 0 rings (SSSR count).